The van der Waals surface area contributed by atoms with Crippen LogP contribution in [0.4, 0.5) is 0 Å². The number of aliphatic hydroxyl groups is 1. The van der Waals surface area contributed by atoms with Crippen LogP contribution in [0.1, 0.15) is 39.1 Å². The van der Waals surface area contributed by atoms with E-state index in [0.29, 0.717) is 24.0 Å². The van der Waals surface area contributed by atoms with Crippen LogP contribution in [0, 0.1) is 0 Å². The van der Waals surface area contributed by atoms with Gasteiger partial charge in [0.2, 0.25) is 0 Å². The lowest BCUT2D eigenvalue weighted by Gasteiger charge is -2.45. The Kier molecular flexibility index (Phi) is 11.4. The quantitative estimate of drug-likeness (QED) is 0.192. The van der Waals surface area contributed by atoms with Gasteiger partial charge in [0.25, 0.3) is 0 Å². The first kappa shape index (κ1) is 30.6. The summed E-state index contributed by atoms with van der Waals surface area (Å²) in [5.41, 5.74) is 1.48. The molecule has 220 valence electrons. The summed E-state index contributed by atoms with van der Waals surface area (Å²) in [6, 6.07) is 26.3. The summed E-state index contributed by atoms with van der Waals surface area (Å²) < 4.78 is 29.1. The lowest BCUT2D eigenvalue weighted by Crippen LogP contribution is -2.61. The van der Waals surface area contributed by atoms with Crippen molar-refractivity contribution in [2.75, 3.05) is 13.7 Å². The number of benzene rings is 3. The van der Waals surface area contributed by atoms with Gasteiger partial charge in [0.05, 0.1) is 37.6 Å². The number of carbonyl (C=O) groups excluding carboxylic acids is 3. The Bertz CT molecular complexity index is 1310. The molecule has 0 aromatic heterocycles. The summed E-state index contributed by atoms with van der Waals surface area (Å²) in [5.74, 6) is -1.75. The summed E-state index contributed by atoms with van der Waals surface area (Å²) in [4.78, 5) is 38.0. The Morgan fingerprint density at radius 3 is 1.81 bits per heavy atom. The molecule has 1 saturated heterocycles. The van der Waals surface area contributed by atoms with Crippen LogP contribution in [-0.4, -0.2) is 67.3 Å². The Labute approximate surface area is 244 Å². The number of hydrogen-bond acceptors (Lipinski definition) is 9. The van der Waals surface area contributed by atoms with Crippen molar-refractivity contribution in [1.29, 1.82) is 0 Å². The van der Waals surface area contributed by atoms with E-state index in [0.717, 1.165) is 5.56 Å². The highest BCUT2D eigenvalue weighted by Crippen LogP contribution is 2.32. The smallest absolute Gasteiger partial charge is 0.338 e. The molecule has 0 radical (unpaired) electrons. The van der Waals surface area contributed by atoms with Gasteiger partial charge in [-0.05, 0) is 42.7 Å². The molecule has 5 atom stereocenters. The fourth-order valence-corrected chi connectivity index (χ4v) is 4.65. The topological polar surface area (TPSA) is 118 Å². The zero-order chi connectivity index (χ0) is 29.7. The maximum absolute atomic E-state index is 13.3. The minimum absolute atomic E-state index is 0.122. The van der Waals surface area contributed by atoms with Crippen LogP contribution in [0.25, 0.3) is 0 Å². The van der Waals surface area contributed by atoms with Gasteiger partial charge in [0, 0.05) is 6.08 Å². The highest BCUT2D eigenvalue weighted by molar-refractivity contribution is 5.90. The molecule has 0 aliphatic carbocycles. The third-order valence-corrected chi connectivity index (χ3v) is 6.77. The van der Waals surface area contributed by atoms with E-state index in [1.165, 1.54) is 13.2 Å². The monoisotopic (exact) mass is 574 g/mol. The van der Waals surface area contributed by atoms with Crippen LogP contribution in [0.3, 0.4) is 0 Å². The Morgan fingerprint density at radius 2 is 1.29 bits per heavy atom. The molecule has 0 unspecified atom stereocenters. The molecule has 0 saturated carbocycles. The molecule has 0 bridgehead atoms. The Balaban J connectivity index is 1.66. The first-order chi connectivity index (χ1) is 20.5. The zero-order valence-corrected chi connectivity index (χ0v) is 23.2. The lowest BCUT2D eigenvalue weighted by molar-refractivity contribution is -0.244. The SMILES string of the molecule is COC(=O)/C=C/CC[C@@H]1O[C@@H](CO)[C@@H](OC(=O)c2ccccc2)[C@H](OCc2ccccc2)[C@H]1OC(=O)c1ccccc1. The molecule has 1 N–H and O–H groups in total. The largest absolute Gasteiger partial charge is 0.466 e. The highest BCUT2D eigenvalue weighted by atomic mass is 16.6. The van der Waals surface area contributed by atoms with Gasteiger partial charge in [-0.3, -0.25) is 0 Å². The van der Waals surface area contributed by atoms with Gasteiger partial charge in [0.15, 0.2) is 12.2 Å². The molecule has 3 aromatic rings. The Morgan fingerprint density at radius 1 is 0.762 bits per heavy atom. The van der Waals surface area contributed by atoms with Gasteiger partial charge in [-0.15, -0.1) is 0 Å². The number of rotatable bonds is 12. The second kappa shape index (κ2) is 15.6. The van der Waals surface area contributed by atoms with Gasteiger partial charge < -0.3 is 28.8 Å². The third kappa shape index (κ3) is 8.36. The number of carbonyl (C=O) groups is 3. The average molecular weight is 575 g/mol. The maximum atomic E-state index is 13.3. The summed E-state index contributed by atoms with van der Waals surface area (Å²) in [6.45, 7) is -0.358. The van der Waals surface area contributed by atoms with Crippen LogP contribution in [-0.2, 0) is 35.1 Å². The van der Waals surface area contributed by atoms with E-state index in [2.05, 4.69) is 4.74 Å². The second-order valence-electron chi connectivity index (χ2n) is 9.63. The van der Waals surface area contributed by atoms with Crippen LogP contribution in [0.2, 0.25) is 0 Å². The molecule has 9 nitrogen and oxygen atoms in total. The normalized spacial score (nSPS) is 21.9. The molecule has 1 heterocycles. The summed E-state index contributed by atoms with van der Waals surface area (Å²) in [5, 5.41) is 10.3. The van der Waals surface area contributed by atoms with Crippen LogP contribution < -0.4 is 0 Å². The standard InChI is InChI=1S/C33H34O9/c1-38-28(35)20-12-11-19-26-29(41-32(36)24-15-7-3-8-16-24)31(39-22-23-13-5-2-6-14-23)30(27(21-34)40-26)42-33(37)25-17-9-4-10-18-25/h2-10,12-18,20,26-27,29-31,34H,11,19,21-22H2,1H3/b20-12+/t26-,27-,29-,30+,31+/m0/s1. The van der Waals surface area contributed by atoms with Gasteiger partial charge in [-0.2, -0.15) is 0 Å². The minimum Gasteiger partial charge on any atom is -0.466 e. The summed E-state index contributed by atoms with van der Waals surface area (Å²) in [7, 11) is 1.29. The molecule has 0 amide bonds. The summed E-state index contributed by atoms with van der Waals surface area (Å²) >= 11 is 0. The van der Waals surface area contributed by atoms with E-state index >= 15 is 0 Å². The zero-order valence-electron chi connectivity index (χ0n) is 23.2. The van der Waals surface area contributed by atoms with E-state index in [4.69, 9.17) is 18.9 Å². The van der Waals surface area contributed by atoms with Gasteiger partial charge in [-0.25, -0.2) is 14.4 Å². The first-order valence-electron chi connectivity index (χ1n) is 13.7. The van der Waals surface area contributed by atoms with Crippen molar-refractivity contribution in [2.24, 2.45) is 0 Å². The van der Waals surface area contributed by atoms with Gasteiger partial charge >= 0.3 is 17.9 Å². The first-order valence-corrected chi connectivity index (χ1v) is 13.7. The molecule has 1 aliphatic heterocycles. The minimum atomic E-state index is -1.11. The number of esters is 3. The maximum Gasteiger partial charge on any atom is 0.338 e. The predicted octanol–water partition coefficient (Wildman–Crippen LogP) is 4.29. The molecule has 3 aromatic carbocycles. The molecule has 0 spiro atoms. The lowest BCUT2D eigenvalue weighted by atomic mass is 9.91. The number of ether oxygens (including phenoxy) is 5. The molecule has 1 aliphatic rings. The molecular formula is C33H34O9. The number of methoxy groups -OCH3 is 1. The average Bonchev–Trinajstić information content (AvgIpc) is 3.04. The molecule has 9 heteroatoms. The van der Waals surface area contributed by atoms with Gasteiger partial charge in [0.1, 0.15) is 12.2 Å². The van der Waals surface area contributed by atoms with Crippen molar-refractivity contribution in [1.82, 2.24) is 0 Å². The number of aliphatic hydroxyl groups excluding tert-OH is 1. The second-order valence-corrected chi connectivity index (χ2v) is 9.63. The van der Waals surface area contributed by atoms with Crippen LogP contribution in [0.5, 0.6) is 0 Å². The van der Waals surface area contributed by atoms with Crippen molar-refractivity contribution >= 4 is 17.9 Å². The molecule has 4 rings (SSSR count). The number of hydrogen-bond donors (Lipinski definition) is 1. The van der Waals surface area contributed by atoms with Crippen molar-refractivity contribution < 1.29 is 43.2 Å². The molecule has 1 fully saturated rings. The van der Waals surface area contributed by atoms with E-state index in [-0.39, 0.29) is 6.61 Å². The van der Waals surface area contributed by atoms with E-state index in [9.17, 15) is 19.5 Å². The summed E-state index contributed by atoms with van der Waals surface area (Å²) in [6.07, 6.45) is -1.26. The predicted molar refractivity (Wildman–Crippen MR) is 152 cm³/mol. The van der Waals surface area contributed by atoms with Crippen molar-refractivity contribution in [3.63, 3.8) is 0 Å². The van der Waals surface area contributed by atoms with E-state index < -0.39 is 55.0 Å². The molecule has 42 heavy (non-hydrogen) atoms. The fourth-order valence-electron chi connectivity index (χ4n) is 4.65. The highest BCUT2D eigenvalue weighted by Gasteiger charge is 2.50. The van der Waals surface area contributed by atoms with Crippen molar-refractivity contribution in [2.45, 2.75) is 50.0 Å². The van der Waals surface area contributed by atoms with E-state index in [1.54, 1.807) is 66.7 Å². The number of allylic oxidation sites excluding steroid dienone is 1. The van der Waals surface area contributed by atoms with Crippen LogP contribution in [0.15, 0.2) is 103 Å². The molecular weight excluding hydrogens is 540 g/mol. The van der Waals surface area contributed by atoms with Gasteiger partial charge in [-0.1, -0.05) is 72.8 Å². The van der Waals surface area contributed by atoms with Crippen LogP contribution >= 0.6 is 0 Å². The Hall–Kier alpha value is -4.31. The fraction of sp³-hybridized carbons (Fsp3) is 0.303. The third-order valence-electron chi connectivity index (χ3n) is 6.77. The van der Waals surface area contributed by atoms with Crippen molar-refractivity contribution in [3.8, 4) is 0 Å². The van der Waals surface area contributed by atoms with E-state index in [1.807, 2.05) is 30.3 Å². The van der Waals surface area contributed by atoms with Crippen molar-refractivity contribution in [3.05, 3.63) is 120 Å².